The minimum atomic E-state index is -1.39. The third-order valence-corrected chi connectivity index (χ3v) is 5.98. The number of anilines is 1. The summed E-state index contributed by atoms with van der Waals surface area (Å²) in [6.45, 7) is 3.01. The van der Waals surface area contributed by atoms with Crippen LogP contribution in [0, 0.1) is 0 Å². The van der Waals surface area contributed by atoms with Crippen molar-refractivity contribution >= 4 is 46.7 Å². The molecule has 31 heavy (non-hydrogen) atoms. The molecule has 0 aromatic heterocycles. The highest BCUT2D eigenvalue weighted by molar-refractivity contribution is 6.44. The van der Waals surface area contributed by atoms with Crippen molar-refractivity contribution in [2.45, 2.75) is 25.4 Å². The van der Waals surface area contributed by atoms with Crippen molar-refractivity contribution < 1.29 is 23.9 Å². The van der Waals surface area contributed by atoms with Gasteiger partial charge in [-0.15, -0.1) is 0 Å². The van der Waals surface area contributed by atoms with Crippen LogP contribution < -0.4 is 20.1 Å². The highest BCUT2D eigenvalue weighted by Crippen LogP contribution is 2.36. The number of hydrogen-bond donors (Lipinski definition) is 2. The number of hydrogen-bond acceptors (Lipinski definition) is 5. The summed E-state index contributed by atoms with van der Waals surface area (Å²) in [5.41, 5.74) is -0.629. The van der Waals surface area contributed by atoms with E-state index in [2.05, 4.69) is 10.6 Å². The van der Waals surface area contributed by atoms with Crippen LogP contribution >= 0.6 is 23.2 Å². The lowest BCUT2D eigenvalue weighted by atomic mass is 9.91. The Hall–Kier alpha value is -2.97. The van der Waals surface area contributed by atoms with Gasteiger partial charge in [0.2, 0.25) is 5.91 Å². The third kappa shape index (κ3) is 4.00. The summed E-state index contributed by atoms with van der Waals surface area (Å²) in [6.07, 6.45) is 0. The zero-order valence-corrected chi connectivity index (χ0v) is 18.8. The number of nitrogens with zero attached hydrogens (tertiary/aromatic N) is 1. The fourth-order valence-corrected chi connectivity index (χ4v) is 3.66. The molecule has 8 nitrogen and oxygen atoms in total. The Kier molecular flexibility index (Phi) is 6.33. The molecule has 1 fully saturated rings. The molecule has 2 aromatic carbocycles. The van der Waals surface area contributed by atoms with Crippen LogP contribution in [-0.2, 0) is 15.1 Å². The number of halogens is 2. The van der Waals surface area contributed by atoms with Crippen LogP contribution in [-0.4, -0.2) is 43.0 Å². The highest BCUT2D eigenvalue weighted by Gasteiger charge is 2.52. The third-order valence-electron chi connectivity index (χ3n) is 5.16. The van der Waals surface area contributed by atoms with Crippen molar-refractivity contribution in [1.29, 1.82) is 0 Å². The van der Waals surface area contributed by atoms with Gasteiger partial charge in [-0.05, 0) is 43.7 Å². The first-order chi connectivity index (χ1) is 14.6. The van der Waals surface area contributed by atoms with Gasteiger partial charge in [-0.3, -0.25) is 9.59 Å². The van der Waals surface area contributed by atoms with Gasteiger partial charge in [-0.25, -0.2) is 9.69 Å². The number of methoxy groups -OCH3 is 2. The zero-order chi connectivity index (χ0) is 22.9. The van der Waals surface area contributed by atoms with Crippen molar-refractivity contribution in [2.24, 2.45) is 0 Å². The molecule has 1 saturated heterocycles. The second-order valence-electron chi connectivity index (χ2n) is 7.07. The number of ether oxygens (including phenoxy) is 2. The molecule has 10 heteroatoms. The predicted octanol–water partition coefficient (Wildman–Crippen LogP) is 3.80. The van der Waals surface area contributed by atoms with Crippen molar-refractivity contribution in [3.05, 3.63) is 52.0 Å². The summed E-state index contributed by atoms with van der Waals surface area (Å²) in [6, 6.07) is 7.87. The molecule has 0 spiro atoms. The molecule has 164 valence electrons. The molecule has 3 rings (SSSR count). The van der Waals surface area contributed by atoms with E-state index in [0.29, 0.717) is 17.1 Å². The quantitative estimate of drug-likeness (QED) is 0.632. The van der Waals surface area contributed by atoms with E-state index in [4.69, 9.17) is 32.7 Å². The Morgan fingerprint density at radius 2 is 1.81 bits per heavy atom. The molecule has 0 saturated carbocycles. The SMILES string of the molecule is COc1ccc([C@]2(C)NC(=O)N([C@H](C)C(=O)Nc3cccc(Cl)c3Cl)C2=O)cc1OC. The number of carbonyl (C=O) groups excluding carboxylic acids is 3. The Morgan fingerprint density at radius 1 is 1.13 bits per heavy atom. The molecule has 4 amide bonds. The van der Waals surface area contributed by atoms with Gasteiger partial charge in [0.05, 0.1) is 30.0 Å². The molecule has 1 aliphatic heterocycles. The fraction of sp³-hybridized carbons (Fsp3) is 0.286. The van der Waals surface area contributed by atoms with E-state index in [0.717, 1.165) is 4.90 Å². The van der Waals surface area contributed by atoms with Gasteiger partial charge >= 0.3 is 6.03 Å². The van der Waals surface area contributed by atoms with E-state index in [1.54, 1.807) is 43.3 Å². The second kappa shape index (κ2) is 8.64. The molecular formula is C21H21Cl2N3O5. The number of nitrogens with one attached hydrogen (secondary N) is 2. The smallest absolute Gasteiger partial charge is 0.326 e. The van der Waals surface area contributed by atoms with Crippen molar-refractivity contribution in [1.82, 2.24) is 10.2 Å². The zero-order valence-electron chi connectivity index (χ0n) is 17.3. The minimum absolute atomic E-state index is 0.164. The monoisotopic (exact) mass is 465 g/mol. The Labute approximate surface area is 189 Å². The molecule has 0 aliphatic carbocycles. The first-order valence-electron chi connectivity index (χ1n) is 9.27. The summed E-state index contributed by atoms with van der Waals surface area (Å²) < 4.78 is 10.5. The molecular weight excluding hydrogens is 445 g/mol. The largest absolute Gasteiger partial charge is 0.493 e. The average molecular weight is 466 g/mol. The fourth-order valence-electron chi connectivity index (χ4n) is 3.31. The van der Waals surface area contributed by atoms with Gasteiger partial charge in [0.25, 0.3) is 5.91 Å². The summed E-state index contributed by atoms with van der Waals surface area (Å²) in [5, 5.41) is 5.70. The van der Waals surface area contributed by atoms with E-state index < -0.39 is 29.4 Å². The Bertz CT molecular complexity index is 1060. The average Bonchev–Trinajstić information content (AvgIpc) is 2.99. The Morgan fingerprint density at radius 3 is 2.45 bits per heavy atom. The molecule has 0 unspecified atom stereocenters. The number of urea groups is 1. The van der Waals surface area contributed by atoms with E-state index in [-0.39, 0.29) is 15.7 Å². The first kappa shape index (κ1) is 22.7. The van der Waals surface area contributed by atoms with Crippen LogP contribution in [0.3, 0.4) is 0 Å². The van der Waals surface area contributed by atoms with E-state index >= 15 is 0 Å². The standard InChI is InChI=1S/C21H21Cl2N3O5/c1-11(18(27)24-14-7-5-6-13(22)17(14)23)26-19(28)21(2,25-20(26)29)12-8-9-15(30-3)16(10-12)31-4/h5-11H,1-4H3,(H,24,27)(H,25,29)/t11-,21+/m1/s1. The van der Waals surface area contributed by atoms with E-state index in [1.807, 2.05) is 0 Å². The van der Waals surface area contributed by atoms with Crippen LogP contribution in [0.2, 0.25) is 10.0 Å². The topological polar surface area (TPSA) is 97.0 Å². The lowest BCUT2D eigenvalue weighted by molar-refractivity contribution is -0.136. The number of rotatable bonds is 6. The van der Waals surface area contributed by atoms with Gasteiger partial charge < -0.3 is 20.1 Å². The molecule has 2 atom stereocenters. The summed E-state index contributed by atoms with van der Waals surface area (Å²) in [7, 11) is 2.97. The summed E-state index contributed by atoms with van der Waals surface area (Å²) in [5.74, 6) is -0.286. The van der Waals surface area contributed by atoms with Crippen molar-refractivity contribution in [3.63, 3.8) is 0 Å². The Balaban J connectivity index is 1.87. The maximum atomic E-state index is 13.3. The van der Waals surface area contributed by atoms with Gasteiger partial charge in [0.1, 0.15) is 11.6 Å². The molecule has 0 bridgehead atoms. The van der Waals surface area contributed by atoms with Crippen LogP contribution in [0.5, 0.6) is 11.5 Å². The number of amides is 4. The van der Waals surface area contributed by atoms with Crippen LogP contribution in [0.15, 0.2) is 36.4 Å². The van der Waals surface area contributed by atoms with Crippen molar-refractivity contribution in [3.8, 4) is 11.5 Å². The highest BCUT2D eigenvalue weighted by atomic mass is 35.5. The minimum Gasteiger partial charge on any atom is -0.493 e. The molecule has 0 radical (unpaired) electrons. The normalized spacial score (nSPS) is 19.1. The van der Waals surface area contributed by atoms with Gasteiger partial charge in [0.15, 0.2) is 11.5 Å². The predicted molar refractivity (Wildman–Crippen MR) is 117 cm³/mol. The van der Waals surface area contributed by atoms with Crippen LogP contribution in [0.4, 0.5) is 10.5 Å². The molecule has 2 N–H and O–H groups in total. The number of imide groups is 1. The summed E-state index contributed by atoms with van der Waals surface area (Å²) >= 11 is 12.1. The van der Waals surface area contributed by atoms with E-state index in [1.165, 1.54) is 21.1 Å². The van der Waals surface area contributed by atoms with Crippen LogP contribution in [0.1, 0.15) is 19.4 Å². The summed E-state index contributed by atoms with van der Waals surface area (Å²) in [4.78, 5) is 39.6. The number of benzene rings is 2. The van der Waals surface area contributed by atoms with Gasteiger partial charge in [-0.2, -0.15) is 0 Å². The van der Waals surface area contributed by atoms with Gasteiger partial charge in [0, 0.05) is 0 Å². The first-order valence-corrected chi connectivity index (χ1v) is 10.0. The van der Waals surface area contributed by atoms with Gasteiger partial charge in [-0.1, -0.05) is 35.3 Å². The molecule has 2 aromatic rings. The lowest BCUT2D eigenvalue weighted by Gasteiger charge is -2.25. The van der Waals surface area contributed by atoms with Crippen LogP contribution in [0.25, 0.3) is 0 Å². The van der Waals surface area contributed by atoms with Crippen molar-refractivity contribution in [2.75, 3.05) is 19.5 Å². The maximum absolute atomic E-state index is 13.3. The maximum Gasteiger partial charge on any atom is 0.326 e. The molecule has 1 heterocycles. The van der Waals surface area contributed by atoms with E-state index in [9.17, 15) is 14.4 Å². The lowest BCUT2D eigenvalue weighted by Crippen LogP contribution is -2.47. The molecule has 1 aliphatic rings. The second-order valence-corrected chi connectivity index (χ2v) is 7.85. The number of carbonyl (C=O) groups is 3.